The van der Waals surface area contributed by atoms with Crippen LogP contribution in [0.25, 0.3) is 0 Å². The molecular weight excluding hydrogens is 232 g/mol. The fourth-order valence-electron chi connectivity index (χ4n) is 2.40. The van der Waals surface area contributed by atoms with Gasteiger partial charge in [0.15, 0.2) is 0 Å². The lowest BCUT2D eigenvalue weighted by atomic mass is 9.95. The Hall–Kier alpha value is -0.0800. The predicted molar refractivity (Wildman–Crippen MR) is 87.6 cm³/mol. The van der Waals surface area contributed by atoms with E-state index in [1.54, 1.807) is 0 Å². The first-order valence-electron chi connectivity index (χ1n) is 8.63. The molecule has 0 radical (unpaired) electrons. The molecule has 0 atom stereocenters. The second-order valence-corrected chi connectivity index (χ2v) is 6.17. The minimum atomic E-state index is 0.364. The maximum absolute atomic E-state index is 5.48. The van der Waals surface area contributed by atoms with E-state index in [2.05, 4.69) is 26.1 Å². The van der Waals surface area contributed by atoms with E-state index in [1.165, 1.54) is 77.2 Å². The average molecular weight is 271 g/mol. The van der Waals surface area contributed by atoms with Crippen molar-refractivity contribution in [2.45, 2.75) is 96.9 Å². The van der Waals surface area contributed by atoms with E-state index in [9.17, 15) is 0 Å². The van der Waals surface area contributed by atoms with Gasteiger partial charge in [0.2, 0.25) is 0 Å². The summed E-state index contributed by atoms with van der Waals surface area (Å²) in [6, 6.07) is 0. The third-order valence-electron chi connectivity index (χ3n) is 4.49. The van der Waals surface area contributed by atoms with Crippen molar-refractivity contribution >= 4 is 0 Å². The molecule has 0 fully saturated rings. The Bertz CT molecular complexity index is 176. The summed E-state index contributed by atoms with van der Waals surface area (Å²) in [5.41, 5.74) is 5.85. The summed E-state index contributed by atoms with van der Waals surface area (Å²) in [5.74, 6) is 0. The van der Waals surface area contributed by atoms with Crippen molar-refractivity contribution in [2.75, 3.05) is 13.1 Å². The quantitative estimate of drug-likeness (QED) is 0.452. The zero-order valence-corrected chi connectivity index (χ0v) is 13.8. The number of hydrogen-bond donors (Lipinski definition) is 2. The van der Waals surface area contributed by atoms with Crippen molar-refractivity contribution in [1.29, 1.82) is 0 Å². The number of hydrogen-bond acceptors (Lipinski definition) is 2. The van der Waals surface area contributed by atoms with E-state index in [-0.39, 0.29) is 0 Å². The molecule has 0 aromatic heterocycles. The first kappa shape index (κ1) is 18.9. The van der Waals surface area contributed by atoms with Crippen molar-refractivity contribution in [3.63, 3.8) is 0 Å². The Kier molecular flexibility index (Phi) is 12.9. The molecule has 0 aromatic carbocycles. The summed E-state index contributed by atoms with van der Waals surface area (Å²) in [6.07, 6.45) is 14.7. The number of nitrogens with one attached hydrogen (secondary N) is 1. The van der Waals surface area contributed by atoms with E-state index in [1.807, 2.05) is 0 Å². The summed E-state index contributed by atoms with van der Waals surface area (Å²) in [7, 11) is 0. The third-order valence-corrected chi connectivity index (χ3v) is 4.49. The normalized spacial score (nSPS) is 12.0. The molecule has 2 heteroatoms. The van der Waals surface area contributed by atoms with Crippen LogP contribution in [-0.2, 0) is 0 Å². The van der Waals surface area contributed by atoms with Crippen LogP contribution in [-0.4, -0.2) is 18.6 Å². The maximum Gasteiger partial charge on any atom is 0.0148 e. The van der Waals surface area contributed by atoms with Gasteiger partial charge in [-0.1, -0.05) is 58.8 Å². The van der Waals surface area contributed by atoms with Crippen molar-refractivity contribution in [3.05, 3.63) is 0 Å². The second kappa shape index (κ2) is 12.9. The van der Waals surface area contributed by atoms with Crippen LogP contribution >= 0.6 is 0 Å². The first-order valence-corrected chi connectivity index (χ1v) is 8.63. The highest BCUT2D eigenvalue weighted by atomic mass is 15.0. The molecule has 0 aliphatic heterocycles. The van der Waals surface area contributed by atoms with Crippen LogP contribution in [0.4, 0.5) is 0 Å². The van der Waals surface area contributed by atoms with Crippen LogP contribution in [0.3, 0.4) is 0 Å². The van der Waals surface area contributed by atoms with E-state index in [0.717, 1.165) is 6.54 Å². The maximum atomic E-state index is 5.48. The van der Waals surface area contributed by atoms with Gasteiger partial charge >= 0.3 is 0 Å². The summed E-state index contributed by atoms with van der Waals surface area (Å²) in [5, 5.41) is 3.71. The molecule has 2 nitrogen and oxygen atoms in total. The molecule has 19 heavy (non-hydrogen) atoms. The third kappa shape index (κ3) is 11.4. The minimum Gasteiger partial charge on any atom is -0.330 e. The predicted octanol–water partition coefficient (Wildman–Crippen LogP) is 4.62. The molecule has 0 saturated heterocycles. The highest BCUT2D eigenvalue weighted by Crippen LogP contribution is 2.14. The second-order valence-electron chi connectivity index (χ2n) is 6.17. The molecule has 0 aliphatic carbocycles. The Morgan fingerprint density at radius 3 is 1.58 bits per heavy atom. The summed E-state index contributed by atoms with van der Waals surface area (Å²) >= 11 is 0. The van der Waals surface area contributed by atoms with Crippen molar-refractivity contribution in [3.8, 4) is 0 Å². The van der Waals surface area contributed by atoms with Crippen LogP contribution in [0.1, 0.15) is 91.4 Å². The van der Waals surface area contributed by atoms with Gasteiger partial charge in [-0.25, -0.2) is 0 Å². The van der Waals surface area contributed by atoms with Gasteiger partial charge in [-0.2, -0.15) is 0 Å². The molecule has 0 amide bonds. The van der Waals surface area contributed by atoms with E-state index in [4.69, 9.17) is 5.73 Å². The van der Waals surface area contributed by atoms with Gasteiger partial charge in [-0.05, 0) is 45.7 Å². The lowest BCUT2D eigenvalue weighted by Crippen LogP contribution is -2.41. The van der Waals surface area contributed by atoms with Gasteiger partial charge < -0.3 is 11.1 Å². The molecule has 0 heterocycles. The Labute approximate surface area is 121 Å². The average Bonchev–Trinajstić information content (AvgIpc) is 2.44. The number of rotatable bonds is 14. The van der Waals surface area contributed by atoms with Crippen LogP contribution in [0.2, 0.25) is 0 Å². The Balaban J connectivity index is 3.19. The van der Waals surface area contributed by atoms with Crippen molar-refractivity contribution < 1.29 is 0 Å². The molecular formula is C17H38N2. The molecule has 0 saturated carbocycles. The smallest absolute Gasteiger partial charge is 0.0148 e. The summed E-state index contributed by atoms with van der Waals surface area (Å²) in [6.45, 7) is 8.95. The molecule has 0 aromatic rings. The zero-order valence-electron chi connectivity index (χ0n) is 13.8. The highest BCUT2D eigenvalue weighted by Gasteiger charge is 2.17. The van der Waals surface area contributed by atoms with Gasteiger partial charge in [0.05, 0.1) is 0 Å². The van der Waals surface area contributed by atoms with Gasteiger partial charge in [0, 0.05) is 5.54 Å². The van der Waals surface area contributed by atoms with Gasteiger partial charge in [-0.3, -0.25) is 0 Å². The molecule has 0 unspecified atom stereocenters. The van der Waals surface area contributed by atoms with E-state index >= 15 is 0 Å². The molecule has 3 N–H and O–H groups in total. The van der Waals surface area contributed by atoms with Crippen molar-refractivity contribution in [2.24, 2.45) is 5.73 Å². The van der Waals surface area contributed by atoms with Gasteiger partial charge in [0.25, 0.3) is 0 Å². The monoisotopic (exact) mass is 270 g/mol. The number of unbranched alkanes of at least 4 members (excludes halogenated alkanes) is 8. The van der Waals surface area contributed by atoms with Gasteiger partial charge in [-0.15, -0.1) is 0 Å². The molecule has 0 aliphatic rings. The number of nitrogens with two attached hydrogens (primary N) is 1. The van der Waals surface area contributed by atoms with Crippen molar-refractivity contribution in [1.82, 2.24) is 5.32 Å². The lowest BCUT2D eigenvalue weighted by Gasteiger charge is -2.28. The SMILES string of the molecule is CCC(C)(CC)NCCCCCCCCCCCN. The molecule has 0 spiro atoms. The molecule has 116 valence electrons. The first-order chi connectivity index (χ1) is 9.18. The Morgan fingerprint density at radius 1 is 0.737 bits per heavy atom. The summed E-state index contributed by atoms with van der Waals surface area (Å²) < 4.78 is 0. The fraction of sp³-hybridized carbons (Fsp3) is 1.00. The zero-order chi connectivity index (χ0) is 14.4. The van der Waals surface area contributed by atoms with Crippen LogP contribution in [0, 0.1) is 0 Å². The van der Waals surface area contributed by atoms with Crippen LogP contribution < -0.4 is 11.1 Å². The highest BCUT2D eigenvalue weighted by molar-refractivity contribution is 4.79. The molecule has 0 bridgehead atoms. The van der Waals surface area contributed by atoms with E-state index in [0.29, 0.717) is 5.54 Å². The standard InChI is InChI=1S/C17H38N2/c1-4-17(3,5-2)19-16-14-12-10-8-6-7-9-11-13-15-18/h19H,4-16,18H2,1-3H3. The van der Waals surface area contributed by atoms with Crippen LogP contribution in [0.15, 0.2) is 0 Å². The minimum absolute atomic E-state index is 0.364. The van der Waals surface area contributed by atoms with Gasteiger partial charge in [0.1, 0.15) is 0 Å². The lowest BCUT2D eigenvalue weighted by molar-refractivity contribution is 0.328. The summed E-state index contributed by atoms with van der Waals surface area (Å²) in [4.78, 5) is 0. The van der Waals surface area contributed by atoms with Crippen LogP contribution in [0.5, 0.6) is 0 Å². The Morgan fingerprint density at radius 2 is 1.16 bits per heavy atom. The molecule has 0 rings (SSSR count). The fourth-order valence-corrected chi connectivity index (χ4v) is 2.40. The topological polar surface area (TPSA) is 38.0 Å². The largest absolute Gasteiger partial charge is 0.330 e. The van der Waals surface area contributed by atoms with E-state index < -0.39 is 0 Å².